The number of carbonyl (C=O) groups is 2. The second-order valence-corrected chi connectivity index (χ2v) is 8.69. The van der Waals surface area contributed by atoms with E-state index in [2.05, 4.69) is 30.6 Å². The number of halogens is 1. The number of aryl methyl sites for hydroxylation is 1. The summed E-state index contributed by atoms with van der Waals surface area (Å²) < 4.78 is 7.69. The normalized spacial score (nSPS) is 10.4. The van der Waals surface area contributed by atoms with E-state index in [0.29, 0.717) is 27.8 Å². The molecule has 0 aliphatic rings. The van der Waals surface area contributed by atoms with Crippen LogP contribution in [0.3, 0.4) is 0 Å². The van der Waals surface area contributed by atoms with Crippen molar-refractivity contribution in [1.82, 2.24) is 34.7 Å². The Hall–Kier alpha value is -5.30. The van der Waals surface area contributed by atoms with Crippen LogP contribution >= 0.6 is 11.6 Å². The van der Waals surface area contributed by atoms with Gasteiger partial charge in [-0.2, -0.15) is 4.68 Å². The number of imidazole rings is 1. The first kappa shape index (κ1) is 27.7. The van der Waals surface area contributed by atoms with Gasteiger partial charge < -0.3 is 19.4 Å². The summed E-state index contributed by atoms with van der Waals surface area (Å²) in [7, 11) is 1.31. The van der Waals surface area contributed by atoms with Gasteiger partial charge in [0, 0.05) is 39.8 Å². The van der Waals surface area contributed by atoms with E-state index in [0.717, 1.165) is 22.5 Å². The van der Waals surface area contributed by atoms with E-state index in [1.807, 2.05) is 25.1 Å². The van der Waals surface area contributed by atoms with E-state index in [4.69, 9.17) is 26.5 Å². The van der Waals surface area contributed by atoms with E-state index in [9.17, 15) is 9.59 Å². The molecule has 40 heavy (non-hydrogen) atoms. The molecule has 0 aliphatic carbocycles. The number of nitrogens with zero attached hydrogens (tertiary/aromatic N) is 6. The number of benzene rings is 2. The lowest BCUT2D eigenvalue weighted by Gasteiger charge is -2.11. The number of aromatic amines is 1. The fraction of sp³-hybridized carbons (Fsp3) is 0.115. The Morgan fingerprint density at radius 3 is 2.55 bits per heavy atom. The molecule has 3 aromatic heterocycles. The molecule has 0 unspecified atom stereocenters. The highest BCUT2D eigenvalue weighted by Gasteiger charge is 2.13. The van der Waals surface area contributed by atoms with Gasteiger partial charge in [-0.25, -0.2) is 9.78 Å². The molecule has 0 saturated heterocycles. The second kappa shape index (κ2) is 12.5. The van der Waals surface area contributed by atoms with Crippen LogP contribution in [0, 0.1) is 6.92 Å². The summed E-state index contributed by atoms with van der Waals surface area (Å²) in [5, 5.41) is 21.4. The molecule has 0 atom stereocenters. The van der Waals surface area contributed by atoms with E-state index in [-0.39, 0.29) is 18.6 Å². The number of rotatable bonds is 6. The number of carboxylic acid groups (broad SMARTS) is 1. The molecule has 0 aliphatic heterocycles. The summed E-state index contributed by atoms with van der Waals surface area (Å²) >= 11 is 6.23. The van der Waals surface area contributed by atoms with Crippen LogP contribution < -0.4 is 10.9 Å². The Kier molecular flexibility index (Phi) is 8.66. The molecule has 0 fully saturated rings. The van der Waals surface area contributed by atoms with Crippen LogP contribution in [0.2, 0.25) is 5.02 Å². The van der Waals surface area contributed by atoms with Crippen molar-refractivity contribution in [2.75, 3.05) is 12.4 Å². The van der Waals surface area contributed by atoms with Gasteiger partial charge in [-0.05, 0) is 59.3 Å². The molecule has 5 aromatic rings. The van der Waals surface area contributed by atoms with Crippen LogP contribution in [0.15, 0.2) is 71.9 Å². The highest BCUT2D eigenvalue weighted by atomic mass is 35.5. The Morgan fingerprint density at radius 1 is 1.15 bits per heavy atom. The quantitative estimate of drug-likeness (QED) is 0.261. The monoisotopic (exact) mass is 562 g/mol. The number of methoxy groups -OCH3 is 1. The van der Waals surface area contributed by atoms with Crippen molar-refractivity contribution in [3.05, 3.63) is 94.0 Å². The average Bonchev–Trinajstić information content (AvgIpc) is 3.61. The Bertz CT molecular complexity index is 1680. The first-order chi connectivity index (χ1) is 19.3. The summed E-state index contributed by atoms with van der Waals surface area (Å²) in [5.41, 5.74) is 5.01. The highest BCUT2D eigenvalue weighted by Crippen LogP contribution is 2.28. The third-order valence-corrected chi connectivity index (χ3v) is 5.94. The zero-order valence-corrected chi connectivity index (χ0v) is 22.0. The number of pyridine rings is 1. The van der Waals surface area contributed by atoms with Gasteiger partial charge in [0.25, 0.3) is 12.0 Å². The van der Waals surface area contributed by atoms with Crippen molar-refractivity contribution in [1.29, 1.82) is 0 Å². The van der Waals surface area contributed by atoms with Crippen molar-refractivity contribution >= 4 is 29.9 Å². The van der Waals surface area contributed by atoms with E-state index in [1.165, 1.54) is 18.1 Å². The predicted molar refractivity (Wildman–Crippen MR) is 146 cm³/mol. The zero-order chi connectivity index (χ0) is 28.6. The molecule has 5 rings (SSSR count). The third-order valence-electron chi connectivity index (χ3n) is 5.71. The van der Waals surface area contributed by atoms with Crippen molar-refractivity contribution in [3.8, 4) is 28.1 Å². The average molecular weight is 563 g/mol. The molecule has 14 heteroatoms. The second-order valence-electron chi connectivity index (χ2n) is 8.25. The number of hydrogen-bond donors (Lipinski definition) is 3. The Labute approximate surface area is 232 Å². The number of nitrogens with one attached hydrogen (secondary N) is 2. The first-order valence-electron chi connectivity index (χ1n) is 11.7. The summed E-state index contributed by atoms with van der Waals surface area (Å²) in [4.78, 5) is 40.7. The molecule has 0 spiro atoms. The van der Waals surface area contributed by atoms with Crippen LogP contribution in [0.4, 0.5) is 10.5 Å². The number of carbonyl (C=O) groups excluding carboxylic acids is 1. The Balaban J connectivity index is 0.00000118. The van der Waals surface area contributed by atoms with Crippen molar-refractivity contribution in [2.45, 2.75) is 13.5 Å². The number of aromatic nitrogens is 7. The fourth-order valence-electron chi connectivity index (χ4n) is 3.94. The number of ether oxygens (including phenoxy) is 1. The Morgan fingerprint density at radius 2 is 1.90 bits per heavy atom. The molecular weight excluding hydrogens is 540 g/mol. The smallest absolute Gasteiger partial charge is 0.411 e. The van der Waals surface area contributed by atoms with Gasteiger partial charge in [0.1, 0.15) is 12.2 Å². The summed E-state index contributed by atoms with van der Waals surface area (Å²) in [6.45, 7) is 1.93. The van der Waals surface area contributed by atoms with Gasteiger partial charge in [0.05, 0.1) is 25.0 Å². The van der Waals surface area contributed by atoms with Crippen LogP contribution in [0.1, 0.15) is 11.5 Å². The van der Waals surface area contributed by atoms with Crippen molar-refractivity contribution < 1.29 is 19.4 Å². The van der Waals surface area contributed by atoms with Crippen LogP contribution in [0.5, 0.6) is 0 Å². The standard InChI is InChI=1S/C25H21ClN8O3.CH2O2/c1-15-24(16-3-6-19(7-4-16)29-25(36)37-2)30-22(28-15)13-33-10-9-17(11-23(33)35)20-12-18(26)5-8-21(20)34-14-27-31-32-34;2-1-3/h3-12,14H,13H2,1-2H3,(H,28,30)(H,29,36);1H,(H,2,3). The van der Waals surface area contributed by atoms with Gasteiger partial charge in [-0.15, -0.1) is 5.10 Å². The molecule has 2 aromatic carbocycles. The fourth-order valence-corrected chi connectivity index (χ4v) is 4.11. The largest absolute Gasteiger partial charge is 0.483 e. The van der Waals surface area contributed by atoms with Crippen LogP contribution in [0.25, 0.3) is 28.1 Å². The molecule has 0 saturated carbocycles. The summed E-state index contributed by atoms with van der Waals surface area (Å²) in [5.74, 6) is 0.635. The van der Waals surface area contributed by atoms with Gasteiger partial charge in [0.2, 0.25) is 0 Å². The van der Waals surface area contributed by atoms with E-state index >= 15 is 0 Å². The lowest BCUT2D eigenvalue weighted by atomic mass is 10.0. The maximum Gasteiger partial charge on any atom is 0.411 e. The summed E-state index contributed by atoms with van der Waals surface area (Å²) in [6.07, 6.45) is 2.66. The van der Waals surface area contributed by atoms with Crippen LogP contribution in [-0.4, -0.2) is 59.5 Å². The van der Waals surface area contributed by atoms with Crippen molar-refractivity contribution in [3.63, 3.8) is 0 Å². The molecular formula is C26H23ClN8O5. The minimum atomic E-state index is -0.538. The lowest BCUT2D eigenvalue weighted by molar-refractivity contribution is -0.122. The van der Waals surface area contributed by atoms with Crippen molar-refractivity contribution in [2.24, 2.45) is 0 Å². The molecule has 3 heterocycles. The minimum Gasteiger partial charge on any atom is -0.483 e. The summed E-state index contributed by atoms with van der Waals surface area (Å²) in [6, 6.07) is 15.9. The zero-order valence-electron chi connectivity index (χ0n) is 21.3. The van der Waals surface area contributed by atoms with Gasteiger partial charge >= 0.3 is 6.09 Å². The maximum absolute atomic E-state index is 13.0. The molecule has 3 N–H and O–H groups in total. The molecule has 13 nitrogen and oxygen atoms in total. The molecule has 1 amide bonds. The van der Waals surface area contributed by atoms with Gasteiger partial charge in [0.15, 0.2) is 0 Å². The van der Waals surface area contributed by atoms with E-state index < -0.39 is 6.09 Å². The lowest BCUT2D eigenvalue weighted by Crippen LogP contribution is -2.20. The third kappa shape index (κ3) is 6.39. The van der Waals surface area contributed by atoms with Gasteiger partial charge in [-0.1, -0.05) is 23.7 Å². The van der Waals surface area contributed by atoms with Gasteiger partial charge in [-0.3, -0.25) is 14.9 Å². The molecule has 204 valence electrons. The number of hydrogen-bond acceptors (Lipinski definition) is 8. The topological polar surface area (TPSA) is 170 Å². The highest BCUT2D eigenvalue weighted by molar-refractivity contribution is 6.31. The number of H-pyrrole nitrogens is 1. The first-order valence-corrected chi connectivity index (χ1v) is 12.0. The predicted octanol–water partition coefficient (Wildman–Crippen LogP) is 3.77. The maximum atomic E-state index is 13.0. The van der Waals surface area contributed by atoms with Crippen LogP contribution in [-0.2, 0) is 16.1 Å². The number of amides is 1. The molecule has 0 bridgehead atoms. The minimum absolute atomic E-state index is 0.200. The van der Waals surface area contributed by atoms with E-state index in [1.54, 1.807) is 47.2 Å². The SMILES string of the molecule is COC(=O)Nc1ccc(-c2nc(Cn3ccc(-c4cc(Cl)ccc4-n4cnnn4)cc3=O)[nH]c2C)cc1.O=CO. The number of tetrazole rings is 1. The molecule has 0 radical (unpaired) electrons. The number of anilines is 1.